The van der Waals surface area contributed by atoms with E-state index in [9.17, 15) is 9.59 Å². The zero-order chi connectivity index (χ0) is 23.8. The molecular formula is C26H26N2O5. The second-order valence-corrected chi connectivity index (χ2v) is 7.02. The van der Waals surface area contributed by atoms with Gasteiger partial charge in [0.25, 0.3) is 11.8 Å². The average molecular weight is 447 g/mol. The van der Waals surface area contributed by atoms with Gasteiger partial charge in [0.05, 0.1) is 21.3 Å². The van der Waals surface area contributed by atoms with Crippen LogP contribution in [0.15, 0.2) is 66.7 Å². The van der Waals surface area contributed by atoms with Gasteiger partial charge in [-0.25, -0.2) is 0 Å². The second-order valence-electron chi connectivity index (χ2n) is 7.02. The van der Waals surface area contributed by atoms with Gasteiger partial charge in [0.1, 0.15) is 5.75 Å². The number of methoxy groups -OCH3 is 3. The summed E-state index contributed by atoms with van der Waals surface area (Å²) < 4.78 is 15.9. The first-order valence-corrected chi connectivity index (χ1v) is 10.2. The van der Waals surface area contributed by atoms with E-state index < -0.39 is 0 Å². The molecule has 0 spiro atoms. The number of ether oxygens (including phenoxy) is 3. The van der Waals surface area contributed by atoms with Gasteiger partial charge in [-0.1, -0.05) is 12.2 Å². The number of benzene rings is 3. The summed E-state index contributed by atoms with van der Waals surface area (Å²) in [4.78, 5) is 25.3. The van der Waals surface area contributed by atoms with E-state index in [1.165, 1.54) is 7.11 Å². The lowest BCUT2D eigenvalue weighted by Gasteiger charge is -2.13. The van der Waals surface area contributed by atoms with Gasteiger partial charge in [0, 0.05) is 28.1 Å². The van der Waals surface area contributed by atoms with Crippen molar-refractivity contribution in [3.8, 4) is 17.2 Å². The van der Waals surface area contributed by atoms with Crippen LogP contribution in [0.1, 0.15) is 33.2 Å². The van der Waals surface area contributed by atoms with Crippen molar-refractivity contribution in [3.63, 3.8) is 0 Å². The van der Waals surface area contributed by atoms with E-state index in [-0.39, 0.29) is 11.8 Å². The maximum Gasteiger partial charge on any atom is 0.255 e. The van der Waals surface area contributed by atoms with Crippen molar-refractivity contribution in [2.75, 3.05) is 32.0 Å². The molecule has 3 rings (SSSR count). The van der Waals surface area contributed by atoms with Crippen molar-refractivity contribution >= 4 is 29.3 Å². The molecule has 0 heterocycles. The average Bonchev–Trinajstić information content (AvgIpc) is 2.84. The predicted octanol–water partition coefficient (Wildman–Crippen LogP) is 5.25. The minimum Gasteiger partial charge on any atom is -0.497 e. The topological polar surface area (TPSA) is 85.9 Å². The number of amides is 2. The Morgan fingerprint density at radius 3 is 1.82 bits per heavy atom. The van der Waals surface area contributed by atoms with Gasteiger partial charge in [-0.15, -0.1) is 0 Å². The molecule has 0 bridgehead atoms. The summed E-state index contributed by atoms with van der Waals surface area (Å²) in [5.74, 6) is 1.16. The Morgan fingerprint density at radius 2 is 1.30 bits per heavy atom. The van der Waals surface area contributed by atoms with Crippen LogP contribution in [-0.2, 0) is 0 Å². The molecule has 2 N–H and O–H groups in total. The van der Waals surface area contributed by atoms with Crippen LogP contribution in [0.25, 0.3) is 6.08 Å². The summed E-state index contributed by atoms with van der Waals surface area (Å²) in [7, 11) is 4.66. The Labute approximate surface area is 193 Å². The summed E-state index contributed by atoms with van der Waals surface area (Å²) in [5, 5.41) is 5.66. The highest BCUT2D eigenvalue weighted by Gasteiger charge is 2.15. The number of hydrogen-bond donors (Lipinski definition) is 2. The molecule has 7 nitrogen and oxygen atoms in total. The van der Waals surface area contributed by atoms with Crippen molar-refractivity contribution in [1.29, 1.82) is 0 Å². The first-order valence-electron chi connectivity index (χ1n) is 10.2. The highest BCUT2D eigenvalue weighted by molar-refractivity contribution is 6.06. The molecule has 0 aromatic heterocycles. The third-order valence-electron chi connectivity index (χ3n) is 4.87. The molecule has 0 aliphatic rings. The van der Waals surface area contributed by atoms with E-state index >= 15 is 0 Å². The van der Waals surface area contributed by atoms with Gasteiger partial charge < -0.3 is 24.8 Å². The molecule has 0 fully saturated rings. The van der Waals surface area contributed by atoms with Crippen LogP contribution < -0.4 is 24.8 Å². The first-order chi connectivity index (χ1) is 16.0. The zero-order valence-corrected chi connectivity index (χ0v) is 19.0. The molecular weight excluding hydrogens is 420 g/mol. The fourth-order valence-electron chi connectivity index (χ4n) is 3.21. The van der Waals surface area contributed by atoms with Crippen molar-refractivity contribution < 1.29 is 23.8 Å². The minimum atomic E-state index is -0.308. The molecule has 2 amide bonds. The second kappa shape index (κ2) is 10.9. The van der Waals surface area contributed by atoms with Crippen molar-refractivity contribution in [3.05, 3.63) is 83.4 Å². The van der Waals surface area contributed by atoms with Gasteiger partial charge in [-0.3, -0.25) is 9.59 Å². The summed E-state index contributed by atoms with van der Waals surface area (Å²) in [6, 6.07) is 17.1. The molecule has 170 valence electrons. The summed E-state index contributed by atoms with van der Waals surface area (Å²) in [6.07, 6.45) is 3.70. The van der Waals surface area contributed by atoms with E-state index in [0.717, 1.165) is 5.56 Å². The molecule has 0 aliphatic carbocycles. The fourth-order valence-corrected chi connectivity index (χ4v) is 3.21. The maximum atomic E-state index is 12.8. The lowest BCUT2D eigenvalue weighted by atomic mass is 10.1. The lowest BCUT2D eigenvalue weighted by molar-refractivity contribution is 0.101. The van der Waals surface area contributed by atoms with Crippen LogP contribution in [0.2, 0.25) is 0 Å². The molecule has 0 unspecified atom stereocenters. The molecule has 0 radical (unpaired) electrons. The van der Waals surface area contributed by atoms with Gasteiger partial charge in [-0.05, 0) is 67.6 Å². The van der Waals surface area contributed by atoms with Crippen LogP contribution >= 0.6 is 0 Å². The number of nitrogens with one attached hydrogen (secondary N) is 2. The fraction of sp³-hybridized carbons (Fsp3) is 0.154. The standard InChI is InChI=1S/C26H26N2O5/c1-5-6-18-15-19(16-23(32-3)24(18)33-4)26(30)28-20-9-7-17(8-10-20)25(29)27-21-11-13-22(31-2)14-12-21/h5-16H,1-4H3,(H,27,29)(H,28,30)/b6-5+. The largest absolute Gasteiger partial charge is 0.497 e. The molecule has 0 aliphatic heterocycles. The Bertz CT molecular complexity index is 1150. The first kappa shape index (κ1) is 23.4. The Balaban J connectivity index is 1.72. The van der Waals surface area contributed by atoms with Gasteiger partial charge in [0.15, 0.2) is 11.5 Å². The lowest BCUT2D eigenvalue weighted by Crippen LogP contribution is -2.14. The zero-order valence-electron chi connectivity index (χ0n) is 19.0. The molecule has 3 aromatic rings. The van der Waals surface area contributed by atoms with E-state index in [2.05, 4.69) is 10.6 Å². The van der Waals surface area contributed by atoms with Crippen LogP contribution in [0.3, 0.4) is 0 Å². The van der Waals surface area contributed by atoms with Gasteiger partial charge in [-0.2, -0.15) is 0 Å². The third kappa shape index (κ3) is 5.71. The SMILES string of the molecule is C/C=C/c1cc(C(=O)Nc2ccc(C(=O)Nc3ccc(OC)cc3)cc2)cc(OC)c1OC. The molecule has 7 heteroatoms. The summed E-state index contributed by atoms with van der Waals surface area (Å²) >= 11 is 0. The minimum absolute atomic E-state index is 0.256. The van der Waals surface area contributed by atoms with Crippen molar-refractivity contribution in [2.45, 2.75) is 6.92 Å². The van der Waals surface area contributed by atoms with Gasteiger partial charge in [0.2, 0.25) is 0 Å². The highest BCUT2D eigenvalue weighted by Crippen LogP contribution is 2.34. The van der Waals surface area contributed by atoms with Crippen molar-refractivity contribution in [2.24, 2.45) is 0 Å². The number of allylic oxidation sites excluding steroid dienone is 1. The normalized spacial score (nSPS) is 10.5. The smallest absolute Gasteiger partial charge is 0.255 e. The highest BCUT2D eigenvalue weighted by atomic mass is 16.5. The van der Waals surface area contributed by atoms with Crippen molar-refractivity contribution in [1.82, 2.24) is 0 Å². The maximum absolute atomic E-state index is 12.8. The summed E-state index contributed by atoms with van der Waals surface area (Å²) in [6.45, 7) is 1.88. The van der Waals surface area contributed by atoms with Crippen LogP contribution in [-0.4, -0.2) is 33.1 Å². The summed E-state index contributed by atoms with van der Waals surface area (Å²) in [5.41, 5.74) is 2.83. The Morgan fingerprint density at radius 1 is 0.727 bits per heavy atom. The number of rotatable bonds is 8. The quantitative estimate of drug-likeness (QED) is 0.494. The van der Waals surface area contributed by atoms with Crippen LogP contribution in [0.4, 0.5) is 11.4 Å². The van der Waals surface area contributed by atoms with E-state index in [1.54, 1.807) is 74.9 Å². The predicted molar refractivity (Wildman–Crippen MR) is 130 cm³/mol. The van der Waals surface area contributed by atoms with E-state index in [0.29, 0.717) is 39.8 Å². The van der Waals surface area contributed by atoms with E-state index in [1.807, 2.05) is 19.1 Å². The number of hydrogen-bond acceptors (Lipinski definition) is 5. The van der Waals surface area contributed by atoms with Gasteiger partial charge >= 0.3 is 0 Å². The molecule has 0 saturated heterocycles. The molecule has 33 heavy (non-hydrogen) atoms. The number of anilines is 2. The Kier molecular flexibility index (Phi) is 7.70. The molecule has 3 aromatic carbocycles. The monoisotopic (exact) mass is 446 g/mol. The molecule has 0 saturated carbocycles. The van der Waals surface area contributed by atoms with Crippen LogP contribution in [0.5, 0.6) is 17.2 Å². The van der Waals surface area contributed by atoms with E-state index in [4.69, 9.17) is 14.2 Å². The number of carbonyl (C=O) groups is 2. The van der Waals surface area contributed by atoms with Crippen LogP contribution in [0, 0.1) is 0 Å². The number of carbonyl (C=O) groups excluding carboxylic acids is 2. The third-order valence-corrected chi connectivity index (χ3v) is 4.87. The molecule has 0 atom stereocenters. The Hall–Kier alpha value is -4.26.